The largest absolute Gasteiger partial charge is 0.432 e. The number of amides is 2. The number of alkyl halides is 2. The number of carbonyl (C=O) groups is 2. The number of nitrogens with zero attached hydrogens (tertiary/aromatic N) is 1. The van der Waals surface area contributed by atoms with Crippen molar-refractivity contribution in [2.24, 2.45) is 0 Å². The second-order valence-corrected chi connectivity index (χ2v) is 5.20. The quantitative estimate of drug-likeness (QED) is 0.719. The zero-order valence-corrected chi connectivity index (χ0v) is 12.9. The van der Waals surface area contributed by atoms with Gasteiger partial charge in [-0.2, -0.15) is 8.78 Å². The predicted molar refractivity (Wildman–Crippen MR) is 76.2 cm³/mol. The van der Waals surface area contributed by atoms with Gasteiger partial charge in [0.2, 0.25) is 0 Å². The molecule has 0 atom stereocenters. The third-order valence-corrected chi connectivity index (χ3v) is 3.45. The zero-order chi connectivity index (χ0) is 17.1. The molecule has 0 aliphatic carbocycles. The highest BCUT2D eigenvalue weighted by Gasteiger charge is 2.31. The second kappa shape index (κ2) is 7.01. The number of anilines is 1. The lowest BCUT2D eigenvalue weighted by Gasteiger charge is -2.15. The maximum absolute atomic E-state index is 13.5. The van der Waals surface area contributed by atoms with Crippen molar-refractivity contribution in [3.05, 3.63) is 34.2 Å². The molecule has 23 heavy (non-hydrogen) atoms. The van der Waals surface area contributed by atoms with Crippen molar-refractivity contribution in [3.8, 4) is 5.75 Å². The lowest BCUT2D eigenvalue weighted by molar-refractivity contribution is -0.137. The molecule has 2 N–H and O–H groups in total. The van der Waals surface area contributed by atoms with Crippen LogP contribution in [-0.4, -0.2) is 41.6 Å². The van der Waals surface area contributed by atoms with Crippen LogP contribution in [0.25, 0.3) is 0 Å². The van der Waals surface area contributed by atoms with E-state index in [1.54, 1.807) is 0 Å². The fourth-order valence-corrected chi connectivity index (χ4v) is 2.22. The molecule has 1 aromatic rings. The first-order valence-electron chi connectivity index (χ1n) is 6.22. The molecule has 124 valence electrons. The molecule has 0 bridgehead atoms. The number of imide groups is 1. The van der Waals surface area contributed by atoms with Gasteiger partial charge in [-0.25, -0.2) is 4.39 Å². The average Bonchev–Trinajstić information content (AvgIpc) is 2.72. The standard InChI is InChI=1S/C13H10BrF3N2O4/c14-6-3-8(10(4-7(6)15)23-13(16)17)18-9-5-11(21)19(1-2-20)12(9)22/h3-5,13,18,20H,1-2H2. The Morgan fingerprint density at radius 2 is 2.04 bits per heavy atom. The summed E-state index contributed by atoms with van der Waals surface area (Å²) in [6, 6.07) is 1.81. The Labute approximate surface area is 136 Å². The number of β-amino-alcohol motifs (C(OH)–C–C–N with tert-alkyl or cyclic N) is 1. The van der Waals surface area contributed by atoms with Crippen LogP contribution in [0, 0.1) is 5.82 Å². The minimum atomic E-state index is -3.20. The summed E-state index contributed by atoms with van der Waals surface area (Å²) < 4.78 is 42.4. The molecule has 1 aliphatic heterocycles. The number of aliphatic hydroxyl groups excluding tert-OH is 1. The van der Waals surface area contributed by atoms with Crippen molar-refractivity contribution in [1.29, 1.82) is 0 Å². The molecule has 6 nitrogen and oxygen atoms in total. The highest BCUT2D eigenvalue weighted by molar-refractivity contribution is 9.10. The Kier molecular flexibility index (Phi) is 5.26. The van der Waals surface area contributed by atoms with Gasteiger partial charge in [-0.05, 0) is 22.0 Å². The van der Waals surface area contributed by atoms with E-state index in [1.807, 2.05) is 0 Å². The Hall–Kier alpha value is -2.07. The topological polar surface area (TPSA) is 78.9 Å². The minimum Gasteiger partial charge on any atom is -0.432 e. The van der Waals surface area contributed by atoms with Gasteiger partial charge in [0, 0.05) is 12.1 Å². The zero-order valence-electron chi connectivity index (χ0n) is 11.4. The summed E-state index contributed by atoms with van der Waals surface area (Å²) >= 11 is 2.89. The van der Waals surface area contributed by atoms with E-state index in [1.165, 1.54) is 0 Å². The van der Waals surface area contributed by atoms with Crippen molar-refractivity contribution in [1.82, 2.24) is 4.90 Å². The summed E-state index contributed by atoms with van der Waals surface area (Å²) in [7, 11) is 0. The lowest BCUT2D eigenvalue weighted by Crippen LogP contribution is -2.34. The number of rotatable bonds is 6. The van der Waals surface area contributed by atoms with Crippen molar-refractivity contribution in [3.63, 3.8) is 0 Å². The normalized spacial score (nSPS) is 14.5. The Morgan fingerprint density at radius 1 is 1.35 bits per heavy atom. The van der Waals surface area contributed by atoms with E-state index in [0.29, 0.717) is 6.07 Å². The fraction of sp³-hybridized carbons (Fsp3) is 0.231. The first-order valence-corrected chi connectivity index (χ1v) is 7.02. The summed E-state index contributed by atoms with van der Waals surface area (Å²) in [6.45, 7) is -3.82. The number of aliphatic hydroxyl groups is 1. The van der Waals surface area contributed by atoms with Crippen molar-refractivity contribution < 1.29 is 32.6 Å². The summed E-state index contributed by atoms with van der Waals surface area (Å²) in [5, 5.41) is 11.3. The van der Waals surface area contributed by atoms with Crippen LogP contribution in [0.15, 0.2) is 28.4 Å². The van der Waals surface area contributed by atoms with Gasteiger partial charge in [-0.15, -0.1) is 0 Å². The number of hydrogen-bond acceptors (Lipinski definition) is 5. The molecule has 0 saturated carbocycles. The van der Waals surface area contributed by atoms with Gasteiger partial charge in [0.1, 0.15) is 11.5 Å². The van der Waals surface area contributed by atoms with E-state index in [0.717, 1.165) is 17.0 Å². The van der Waals surface area contributed by atoms with Crippen molar-refractivity contribution >= 4 is 33.4 Å². The summed E-state index contributed by atoms with van der Waals surface area (Å²) in [6.07, 6.45) is 0.946. The molecule has 2 amide bonds. The molecule has 0 unspecified atom stereocenters. The monoisotopic (exact) mass is 394 g/mol. The van der Waals surface area contributed by atoms with Gasteiger partial charge in [0.05, 0.1) is 23.3 Å². The van der Waals surface area contributed by atoms with Crippen LogP contribution in [0.1, 0.15) is 0 Å². The molecule has 0 radical (unpaired) electrons. The molecule has 0 spiro atoms. The maximum Gasteiger partial charge on any atom is 0.387 e. The SMILES string of the molecule is O=C1C=C(Nc2cc(Br)c(F)cc2OC(F)F)C(=O)N1CCO. The van der Waals surface area contributed by atoms with Gasteiger partial charge in [-0.3, -0.25) is 14.5 Å². The Bertz CT molecular complexity index is 681. The number of benzene rings is 1. The van der Waals surface area contributed by atoms with E-state index >= 15 is 0 Å². The van der Waals surface area contributed by atoms with E-state index in [9.17, 15) is 22.8 Å². The van der Waals surface area contributed by atoms with Crippen LogP contribution < -0.4 is 10.1 Å². The second-order valence-electron chi connectivity index (χ2n) is 4.34. The van der Waals surface area contributed by atoms with Crippen LogP contribution >= 0.6 is 15.9 Å². The molecule has 10 heteroatoms. The maximum atomic E-state index is 13.5. The first kappa shape index (κ1) is 17.3. The van der Waals surface area contributed by atoms with Gasteiger partial charge in [0.15, 0.2) is 5.75 Å². The number of hydrogen-bond donors (Lipinski definition) is 2. The Balaban J connectivity index is 2.29. The molecule has 0 fully saturated rings. The van der Waals surface area contributed by atoms with Crippen LogP contribution in [0.3, 0.4) is 0 Å². The highest BCUT2D eigenvalue weighted by atomic mass is 79.9. The van der Waals surface area contributed by atoms with Gasteiger partial charge >= 0.3 is 6.61 Å². The average molecular weight is 395 g/mol. The van der Waals surface area contributed by atoms with Crippen LogP contribution in [-0.2, 0) is 9.59 Å². The third kappa shape index (κ3) is 3.82. The number of carbonyl (C=O) groups excluding carboxylic acids is 2. The molecular weight excluding hydrogens is 385 g/mol. The number of halogens is 4. The van der Waals surface area contributed by atoms with E-state index in [4.69, 9.17) is 5.11 Å². The van der Waals surface area contributed by atoms with Gasteiger partial charge in [0.25, 0.3) is 11.8 Å². The molecule has 1 heterocycles. The molecule has 0 saturated heterocycles. The van der Waals surface area contributed by atoms with E-state index in [2.05, 4.69) is 26.0 Å². The molecule has 0 aromatic heterocycles. The first-order chi connectivity index (χ1) is 10.8. The predicted octanol–water partition coefficient (Wildman–Crippen LogP) is 1.85. The van der Waals surface area contributed by atoms with Crippen LogP contribution in [0.4, 0.5) is 18.9 Å². The minimum absolute atomic E-state index is 0.0498. The molecule has 1 aromatic carbocycles. The van der Waals surface area contributed by atoms with Crippen molar-refractivity contribution in [2.75, 3.05) is 18.5 Å². The summed E-state index contributed by atoms with van der Waals surface area (Å²) in [5.74, 6) is -2.77. The molecule has 1 aliphatic rings. The number of ether oxygens (including phenoxy) is 1. The summed E-state index contributed by atoms with van der Waals surface area (Å²) in [5.41, 5.74) is -0.335. The number of nitrogens with one attached hydrogen (secondary N) is 1. The van der Waals surface area contributed by atoms with E-state index < -0.39 is 36.6 Å². The van der Waals surface area contributed by atoms with Crippen molar-refractivity contribution in [2.45, 2.75) is 6.61 Å². The fourth-order valence-electron chi connectivity index (χ4n) is 1.87. The van der Waals surface area contributed by atoms with Crippen LogP contribution in [0.5, 0.6) is 5.75 Å². The third-order valence-electron chi connectivity index (χ3n) is 2.84. The molecule has 2 rings (SSSR count). The van der Waals surface area contributed by atoms with E-state index in [-0.39, 0.29) is 22.4 Å². The van der Waals surface area contributed by atoms with Crippen LogP contribution in [0.2, 0.25) is 0 Å². The lowest BCUT2D eigenvalue weighted by atomic mass is 10.2. The Morgan fingerprint density at radius 3 is 2.65 bits per heavy atom. The van der Waals surface area contributed by atoms with Gasteiger partial charge < -0.3 is 15.2 Å². The smallest absolute Gasteiger partial charge is 0.387 e. The molecular formula is C13H10BrF3N2O4. The highest BCUT2D eigenvalue weighted by Crippen LogP contribution is 2.33. The summed E-state index contributed by atoms with van der Waals surface area (Å²) in [4.78, 5) is 24.4. The van der Waals surface area contributed by atoms with Gasteiger partial charge in [-0.1, -0.05) is 0 Å².